The van der Waals surface area contributed by atoms with Crippen LogP contribution in [0.5, 0.6) is 0 Å². The summed E-state index contributed by atoms with van der Waals surface area (Å²) < 4.78 is 0. The Kier molecular flexibility index (Phi) is 9.76. The van der Waals surface area contributed by atoms with Crippen LogP contribution in [-0.4, -0.2) is 34.6 Å². The number of halogens is 2. The van der Waals surface area contributed by atoms with Gasteiger partial charge in [0.05, 0.1) is 5.75 Å². The Morgan fingerprint density at radius 1 is 1.06 bits per heavy atom. The number of rotatable bonds is 9. The third-order valence-electron chi connectivity index (χ3n) is 5.81. The van der Waals surface area contributed by atoms with Gasteiger partial charge in [-0.25, -0.2) is 0 Å². The molecule has 0 aromatic heterocycles. The Hall–Kier alpha value is -1.69. The summed E-state index contributed by atoms with van der Waals surface area (Å²) in [5.41, 5.74) is 0.836. The zero-order valence-corrected chi connectivity index (χ0v) is 20.7. The molecule has 1 fully saturated rings. The molecule has 1 atom stereocenters. The largest absolute Gasteiger partial charge is 0.352 e. The number of carbonyl (C=O) groups excluding carboxylic acids is 2. The molecule has 4 nitrogen and oxygen atoms in total. The maximum Gasteiger partial charge on any atom is 0.243 e. The van der Waals surface area contributed by atoms with E-state index < -0.39 is 6.04 Å². The molecule has 32 heavy (non-hydrogen) atoms. The van der Waals surface area contributed by atoms with Crippen LogP contribution < -0.4 is 5.32 Å². The van der Waals surface area contributed by atoms with Gasteiger partial charge in [-0.05, 0) is 55.2 Å². The first kappa shape index (κ1) is 24.9. The lowest BCUT2D eigenvalue weighted by atomic mass is 9.95. The van der Waals surface area contributed by atoms with E-state index in [0.29, 0.717) is 23.0 Å². The third-order valence-corrected chi connectivity index (χ3v) is 7.43. The second-order valence-corrected chi connectivity index (χ2v) is 10.0. The van der Waals surface area contributed by atoms with E-state index in [2.05, 4.69) is 5.32 Å². The van der Waals surface area contributed by atoms with E-state index in [1.165, 1.54) is 18.2 Å². The van der Waals surface area contributed by atoms with Crippen molar-refractivity contribution in [2.24, 2.45) is 0 Å². The van der Waals surface area contributed by atoms with Gasteiger partial charge in [-0.3, -0.25) is 9.59 Å². The molecule has 7 heteroatoms. The standard InChI is InChI=1S/C25H30Cl2N2O2S/c1-2-23(25(31)28-20-9-4-3-5-10-20)29(16-18-8-6-7-11-22(18)27)24(30)17-32-21-14-12-19(26)13-15-21/h6-8,11-15,20,23H,2-5,9-10,16-17H2,1H3,(H,28,31)/t23-/m1/s1. The van der Waals surface area contributed by atoms with Crippen LogP contribution in [0.4, 0.5) is 0 Å². The molecule has 0 bridgehead atoms. The Balaban J connectivity index is 1.75. The van der Waals surface area contributed by atoms with Gasteiger partial charge >= 0.3 is 0 Å². The number of hydrogen-bond acceptors (Lipinski definition) is 3. The molecular weight excluding hydrogens is 463 g/mol. The van der Waals surface area contributed by atoms with Crippen molar-refractivity contribution in [1.82, 2.24) is 10.2 Å². The summed E-state index contributed by atoms with van der Waals surface area (Å²) in [5.74, 6) is 0.0750. The molecule has 172 valence electrons. The molecule has 1 N–H and O–H groups in total. The molecular formula is C25H30Cl2N2O2S. The van der Waals surface area contributed by atoms with Crippen LogP contribution in [-0.2, 0) is 16.1 Å². The Morgan fingerprint density at radius 3 is 2.41 bits per heavy atom. The lowest BCUT2D eigenvalue weighted by Gasteiger charge is -2.33. The van der Waals surface area contributed by atoms with Gasteiger partial charge in [0.2, 0.25) is 11.8 Å². The van der Waals surface area contributed by atoms with Crippen molar-refractivity contribution in [3.8, 4) is 0 Å². The van der Waals surface area contributed by atoms with Crippen LogP contribution in [0, 0.1) is 0 Å². The summed E-state index contributed by atoms with van der Waals surface area (Å²) >= 11 is 13.8. The summed E-state index contributed by atoms with van der Waals surface area (Å²) in [5, 5.41) is 4.45. The third kappa shape index (κ3) is 7.16. The van der Waals surface area contributed by atoms with E-state index >= 15 is 0 Å². The topological polar surface area (TPSA) is 49.4 Å². The first-order valence-corrected chi connectivity index (χ1v) is 12.9. The molecule has 0 heterocycles. The molecule has 3 rings (SSSR count). The smallest absolute Gasteiger partial charge is 0.243 e. The van der Waals surface area contributed by atoms with E-state index in [9.17, 15) is 9.59 Å². The number of carbonyl (C=O) groups is 2. The number of nitrogens with zero attached hydrogens (tertiary/aromatic N) is 1. The molecule has 1 aliphatic carbocycles. The van der Waals surface area contributed by atoms with Crippen molar-refractivity contribution in [1.29, 1.82) is 0 Å². The molecule has 0 saturated heterocycles. The van der Waals surface area contributed by atoms with Crippen LogP contribution >= 0.6 is 35.0 Å². The van der Waals surface area contributed by atoms with Crippen LogP contribution in [0.1, 0.15) is 51.0 Å². The second-order valence-electron chi connectivity index (χ2n) is 8.12. The first-order chi connectivity index (χ1) is 15.5. The maximum atomic E-state index is 13.4. The number of thioether (sulfide) groups is 1. The summed E-state index contributed by atoms with van der Waals surface area (Å²) in [7, 11) is 0. The van der Waals surface area contributed by atoms with Crippen LogP contribution in [0.3, 0.4) is 0 Å². The van der Waals surface area contributed by atoms with E-state index in [0.717, 1.165) is 36.1 Å². The number of hydrogen-bond donors (Lipinski definition) is 1. The fourth-order valence-corrected chi connectivity index (χ4v) is 5.14. The number of nitrogens with one attached hydrogen (secondary N) is 1. The SMILES string of the molecule is CC[C@H](C(=O)NC1CCCCC1)N(Cc1ccccc1Cl)C(=O)CSc1ccc(Cl)cc1. The summed E-state index contributed by atoms with van der Waals surface area (Å²) in [6.07, 6.45) is 6.06. The molecule has 0 aliphatic heterocycles. The quantitative estimate of drug-likeness (QED) is 0.415. The van der Waals surface area contributed by atoms with Gasteiger partial charge in [0.15, 0.2) is 0 Å². The molecule has 0 radical (unpaired) electrons. The Labute approximate surface area is 205 Å². The number of benzene rings is 2. The average Bonchev–Trinajstić information content (AvgIpc) is 2.80. The highest BCUT2D eigenvalue weighted by atomic mass is 35.5. The van der Waals surface area contributed by atoms with Gasteiger partial charge in [-0.2, -0.15) is 0 Å². The minimum atomic E-state index is -0.536. The number of amides is 2. The highest BCUT2D eigenvalue weighted by molar-refractivity contribution is 8.00. The highest BCUT2D eigenvalue weighted by Gasteiger charge is 2.30. The van der Waals surface area contributed by atoms with Gasteiger partial charge < -0.3 is 10.2 Å². The fourth-order valence-electron chi connectivity index (χ4n) is 4.03. The monoisotopic (exact) mass is 492 g/mol. The van der Waals surface area contributed by atoms with E-state index in [1.54, 1.807) is 4.90 Å². The Bertz CT molecular complexity index is 901. The van der Waals surface area contributed by atoms with Crippen molar-refractivity contribution < 1.29 is 9.59 Å². The van der Waals surface area contributed by atoms with Crippen molar-refractivity contribution in [2.45, 2.75) is 69.0 Å². The lowest BCUT2D eigenvalue weighted by Crippen LogP contribution is -2.52. The molecule has 1 aliphatic rings. The summed E-state index contributed by atoms with van der Waals surface area (Å²) in [6, 6.07) is 14.5. The molecule has 0 unspecified atom stereocenters. The van der Waals surface area contributed by atoms with Crippen LogP contribution in [0.2, 0.25) is 10.0 Å². The van der Waals surface area contributed by atoms with Crippen molar-refractivity contribution in [3.63, 3.8) is 0 Å². The molecule has 2 aromatic carbocycles. The minimum absolute atomic E-state index is 0.0729. The van der Waals surface area contributed by atoms with E-state index in [-0.39, 0.29) is 23.6 Å². The average molecular weight is 494 g/mol. The molecule has 2 aromatic rings. The zero-order valence-electron chi connectivity index (χ0n) is 18.4. The predicted molar refractivity (Wildman–Crippen MR) is 133 cm³/mol. The van der Waals surface area contributed by atoms with E-state index in [1.807, 2.05) is 55.5 Å². The summed E-state index contributed by atoms with van der Waals surface area (Å²) in [4.78, 5) is 29.2. The van der Waals surface area contributed by atoms with Gasteiger partial charge in [-0.1, -0.05) is 67.6 Å². The minimum Gasteiger partial charge on any atom is -0.352 e. The maximum absolute atomic E-state index is 13.4. The molecule has 0 spiro atoms. The van der Waals surface area contributed by atoms with Crippen molar-refractivity contribution in [3.05, 3.63) is 64.1 Å². The van der Waals surface area contributed by atoms with Gasteiger partial charge in [0.1, 0.15) is 6.04 Å². The van der Waals surface area contributed by atoms with Gasteiger partial charge in [0, 0.05) is 27.5 Å². The second kappa shape index (κ2) is 12.5. The summed E-state index contributed by atoms with van der Waals surface area (Å²) in [6.45, 7) is 2.25. The molecule has 1 saturated carbocycles. The van der Waals surface area contributed by atoms with Crippen molar-refractivity contribution >= 4 is 46.8 Å². The zero-order chi connectivity index (χ0) is 22.9. The lowest BCUT2D eigenvalue weighted by molar-refractivity contribution is -0.139. The van der Waals surface area contributed by atoms with Gasteiger partial charge in [-0.15, -0.1) is 11.8 Å². The first-order valence-electron chi connectivity index (χ1n) is 11.2. The van der Waals surface area contributed by atoms with Crippen molar-refractivity contribution in [2.75, 3.05) is 5.75 Å². The van der Waals surface area contributed by atoms with Crippen LogP contribution in [0.15, 0.2) is 53.4 Å². The fraction of sp³-hybridized carbons (Fsp3) is 0.440. The van der Waals surface area contributed by atoms with Gasteiger partial charge in [0.25, 0.3) is 0 Å². The molecule has 2 amide bonds. The normalized spacial score (nSPS) is 15.2. The van der Waals surface area contributed by atoms with E-state index in [4.69, 9.17) is 23.2 Å². The Morgan fingerprint density at radius 2 is 1.75 bits per heavy atom. The highest BCUT2D eigenvalue weighted by Crippen LogP contribution is 2.24. The van der Waals surface area contributed by atoms with Crippen LogP contribution in [0.25, 0.3) is 0 Å². The predicted octanol–water partition coefficient (Wildman–Crippen LogP) is 6.34.